The van der Waals surface area contributed by atoms with Gasteiger partial charge in [0.25, 0.3) is 17.5 Å². The molecule has 40 heavy (non-hydrogen) atoms. The molecule has 10 heteroatoms. The van der Waals surface area contributed by atoms with Gasteiger partial charge < -0.3 is 0 Å². The van der Waals surface area contributed by atoms with Gasteiger partial charge in [-0.25, -0.2) is 4.68 Å². The summed E-state index contributed by atoms with van der Waals surface area (Å²) in [5, 5.41) is 26.3. The van der Waals surface area contributed by atoms with Gasteiger partial charge in [0.05, 0.1) is 17.2 Å². The van der Waals surface area contributed by atoms with E-state index in [1.54, 1.807) is 60.3 Å². The molecule has 2 heterocycles. The van der Waals surface area contributed by atoms with Crippen LogP contribution in [0.4, 0.5) is 5.69 Å². The van der Waals surface area contributed by atoms with Gasteiger partial charge in [-0.2, -0.15) is 10.4 Å². The molecule has 0 saturated carbocycles. The zero-order valence-electron chi connectivity index (χ0n) is 21.1. The van der Waals surface area contributed by atoms with E-state index < -0.39 is 16.7 Å². The minimum Gasteiger partial charge on any atom is -0.269 e. The number of imide groups is 1. The van der Waals surface area contributed by atoms with Crippen molar-refractivity contribution in [3.8, 4) is 23.0 Å². The minimum absolute atomic E-state index is 0.113. The molecule has 1 aliphatic rings. The fraction of sp³-hybridized carbons (Fsp3) is 0.0667. The van der Waals surface area contributed by atoms with Crippen LogP contribution in [0, 0.1) is 21.4 Å². The summed E-state index contributed by atoms with van der Waals surface area (Å²) in [6.07, 6.45) is 3.25. The number of aromatic nitrogens is 2. The molecule has 0 saturated heterocycles. The maximum absolute atomic E-state index is 13.7. The number of benzene rings is 3. The lowest BCUT2D eigenvalue weighted by Crippen LogP contribution is -2.42. The lowest BCUT2D eigenvalue weighted by Gasteiger charge is -2.27. The highest BCUT2D eigenvalue weighted by Gasteiger charge is 2.36. The summed E-state index contributed by atoms with van der Waals surface area (Å²) in [5.74, 6) is -1.31. The molecule has 4 aromatic rings. The van der Waals surface area contributed by atoms with E-state index in [4.69, 9.17) is 11.6 Å². The SMILES string of the molecule is CC1=C(C#N)C(=O)N(Cc2ccccc2Cl)C(=O)/C1=C/c1cn(-c2ccccc2)nc1-c1cccc([N+](=O)[O-])c1. The first-order valence-electron chi connectivity index (χ1n) is 12.1. The first-order valence-corrected chi connectivity index (χ1v) is 12.5. The van der Waals surface area contributed by atoms with Gasteiger partial charge in [0.15, 0.2) is 0 Å². The third kappa shape index (κ3) is 4.91. The molecule has 5 rings (SSSR count). The van der Waals surface area contributed by atoms with Crippen molar-refractivity contribution in [1.29, 1.82) is 5.26 Å². The molecular weight excluding hydrogens is 530 g/mol. The molecule has 0 unspecified atom stereocenters. The average Bonchev–Trinajstić information content (AvgIpc) is 3.39. The number of carbonyl (C=O) groups is 2. The summed E-state index contributed by atoms with van der Waals surface area (Å²) >= 11 is 6.29. The smallest absolute Gasteiger partial charge is 0.269 e. The van der Waals surface area contributed by atoms with Crippen LogP contribution in [0.5, 0.6) is 0 Å². The standard InChI is InChI=1S/C30H20ClN5O4/c1-19-25(29(37)34(30(38)26(19)16-32)17-21-8-5-6-13-27(21)31)15-22-18-35(23-10-3-2-4-11-23)33-28(22)20-9-7-12-24(14-20)36(39)40/h2-15,18H,17H2,1H3/b25-15+. The Balaban J connectivity index is 1.67. The van der Waals surface area contributed by atoms with Crippen molar-refractivity contribution >= 4 is 35.2 Å². The molecule has 9 nitrogen and oxygen atoms in total. The molecule has 1 aliphatic heterocycles. The van der Waals surface area contributed by atoms with Gasteiger partial charge in [0, 0.05) is 40.1 Å². The van der Waals surface area contributed by atoms with E-state index in [0.717, 1.165) is 10.6 Å². The molecule has 0 N–H and O–H groups in total. The van der Waals surface area contributed by atoms with Crippen molar-refractivity contribution in [2.75, 3.05) is 0 Å². The Bertz CT molecular complexity index is 1780. The number of non-ortho nitro benzene ring substituents is 1. The van der Waals surface area contributed by atoms with Crippen molar-refractivity contribution in [3.05, 3.63) is 128 Å². The Morgan fingerprint density at radius 2 is 1.75 bits per heavy atom. The van der Waals surface area contributed by atoms with Gasteiger partial charge in [0.2, 0.25) is 0 Å². The van der Waals surface area contributed by atoms with E-state index in [1.807, 2.05) is 36.4 Å². The van der Waals surface area contributed by atoms with E-state index in [2.05, 4.69) is 5.10 Å². The molecule has 3 aromatic carbocycles. The third-order valence-electron chi connectivity index (χ3n) is 6.51. The summed E-state index contributed by atoms with van der Waals surface area (Å²) in [4.78, 5) is 38.8. The number of nitrogens with zero attached hydrogens (tertiary/aromatic N) is 5. The van der Waals surface area contributed by atoms with Crippen molar-refractivity contribution in [2.45, 2.75) is 13.5 Å². The lowest BCUT2D eigenvalue weighted by molar-refractivity contribution is -0.384. The fourth-order valence-electron chi connectivity index (χ4n) is 4.42. The van der Waals surface area contributed by atoms with Gasteiger partial charge in [-0.1, -0.05) is 60.1 Å². The number of amides is 2. The van der Waals surface area contributed by atoms with Gasteiger partial charge in [-0.3, -0.25) is 24.6 Å². The highest BCUT2D eigenvalue weighted by atomic mass is 35.5. The molecule has 0 radical (unpaired) electrons. The quantitative estimate of drug-likeness (QED) is 0.128. The number of halogens is 1. The molecule has 0 atom stereocenters. The maximum atomic E-state index is 13.7. The number of hydrogen-bond donors (Lipinski definition) is 0. The Morgan fingerprint density at radius 1 is 1.02 bits per heavy atom. The van der Waals surface area contributed by atoms with E-state index >= 15 is 0 Å². The maximum Gasteiger partial charge on any atom is 0.271 e. The van der Waals surface area contributed by atoms with Crippen molar-refractivity contribution in [3.63, 3.8) is 0 Å². The first kappa shape index (κ1) is 26.3. The Hall–Kier alpha value is -5.33. The number of rotatable bonds is 6. The second kappa shape index (κ2) is 10.8. The molecule has 0 fully saturated rings. The highest BCUT2D eigenvalue weighted by Crippen LogP contribution is 2.33. The second-order valence-electron chi connectivity index (χ2n) is 8.98. The van der Waals surface area contributed by atoms with Crippen molar-refractivity contribution in [1.82, 2.24) is 14.7 Å². The number of para-hydroxylation sites is 1. The van der Waals surface area contributed by atoms with E-state index in [9.17, 15) is 25.0 Å². The Morgan fingerprint density at radius 3 is 2.45 bits per heavy atom. The molecule has 196 valence electrons. The van der Waals surface area contributed by atoms with Crippen LogP contribution in [-0.2, 0) is 16.1 Å². The lowest BCUT2D eigenvalue weighted by atomic mass is 9.93. The summed E-state index contributed by atoms with van der Waals surface area (Å²) in [6, 6.07) is 24.0. The summed E-state index contributed by atoms with van der Waals surface area (Å²) < 4.78 is 1.60. The predicted octanol–water partition coefficient (Wildman–Crippen LogP) is 5.89. The molecule has 0 spiro atoms. The Kier molecular flexibility index (Phi) is 7.10. The van der Waals surface area contributed by atoms with E-state index in [0.29, 0.717) is 27.4 Å². The third-order valence-corrected chi connectivity index (χ3v) is 6.87. The molecular formula is C30H20ClN5O4. The monoisotopic (exact) mass is 549 g/mol. The van der Waals surface area contributed by atoms with Crippen LogP contribution in [0.25, 0.3) is 23.0 Å². The summed E-state index contributed by atoms with van der Waals surface area (Å²) in [6.45, 7) is 1.43. The van der Waals surface area contributed by atoms with Gasteiger partial charge in [0.1, 0.15) is 17.3 Å². The van der Waals surface area contributed by atoms with Gasteiger partial charge >= 0.3 is 0 Å². The average molecular weight is 550 g/mol. The Labute approximate surface area is 234 Å². The zero-order valence-corrected chi connectivity index (χ0v) is 21.9. The molecule has 2 amide bonds. The molecule has 0 aliphatic carbocycles. The minimum atomic E-state index is -0.707. The predicted molar refractivity (Wildman–Crippen MR) is 149 cm³/mol. The van der Waals surface area contributed by atoms with Crippen LogP contribution in [-0.4, -0.2) is 31.4 Å². The number of nitriles is 1. The van der Waals surface area contributed by atoms with Crippen LogP contribution >= 0.6 is 11.6 Å². The van der Waals surface area contributed by atoms with E-state index in [-0.39, 0.29) is 29.0 Å². The van der Waals surface area contributed by atoms with Crippen LogP contribution in [0.1, 0.15) is 18.1 Å². The van der Waals surface area contributed by atoms with Gasteiger partial charge in [-0.15, -0.1) is 0 Å². The number of nitro groups is 1. The summed E-state index contributed by atoms with van der Waals surface area (Å²) in [5.41, 5.74) is 2.68. The summed E-state index contributed by atoms with van der Waals surface area (Å²) in [7, 11) is 0. The second-order valence-corrected chi connectivity index (χ2v) is 9.39. The number of hydrogen-bond acceptors (Lipinski definition) is 6. The normalized spacial score (nSPS) is 14.5. The van der Waals surface area contributed by atoms with Crippen molar-refractivity contribution < 1.29 is 14.5 Å². The highest BCUT2D eigenvalue weighted by molar-refractivity contribution is 6.31. The van der Waals surface area contributed by atoms with Crippen LogP contribution < -0.4 is 0 Å². The first-order chi connectivity index (χ1) is 19.3. The zero-order chi connectivity index (χ0) is 28.4. The molecule has 0 bridgehead atoms. The fourth-order valence-corrected chi connectivity index (χ4v) is 4.62. The number of nitro benzene ring substituents is 1. The van der Waals surface area contributed by atoms with Crippen LogP contribution in [0.3, 0.4) is 0 Å². The van der Waals surface area contributed by atoms with Crippen LogP contribution in [0.15, 0.2) is 102 Å². The van der Waals surface area contributed by atoms with Crippen LogP contribution in [0.2, 0.25) is 5.02 Å². The topological polar surface area (TPSA) is 122 Å². The largest absolute Gasteiger partial charge is 0.271 e. The van der Waals surface area contributed by atoms with Crippen molar-refractivity contribution in [2.24, 2.45) is 0 Å². The molecule has 1 aromatic heterocycles. The van der Waals surface area contributed by atoms with Gasteiger partial charge in [-0.05, 0) is 42.3 Å². The van der Waals surface area contributed by atoms with E-state index in [1.165, 1.54) is 12.1 Å². The number of carbonyl (C=O) groups excluding carboxylic acids is 2.